The van der Waals surface area contributed by atoms with Crippen molar-refractivity contribution in [3.05, 3.63) is 101 Å². The molecule has 0 fully saturated rings. The van der Waals surface area contributed by atoms with Crippen molar-refractivity contribution in [2.45, 2.75) is 65.1 Å². The maximum absolute atomic E-state index is 13.9. The highest BCUT2D eigenvalue weighted by Crippen LogP contribution is 2.21. The fourth-order valence-corrected chi connectivity index (χ4v) is 5.54. The molecule has 2 amide bonds. The third-order valence-electron chi connectivity index (χ3n) is 7.14. The molecule has 1 N–H and O–H groups in total. The highest BCUT2D eigenvalue weighted by molar-refractivity contribution is 7.92. The summed E-state index contributed by atoms with van der Waals surface area (Å²) in [6.45, 7) is 6.17. The normalized spacial score (nSPS) is 12.8. The van der Waals surface area contributed by atoms with Crippen LogP contribution in [0.25, 0.3) is 0 Å². The summed E-state index contributed by atoms with van der Waals surface area (Å²) in [7, 11) is -3.67. The number of benzene rings is 3. The highest BCUT2D eigenvalue weighted by atomic mass is 32.2. The van der Waals surface area contributed by atoms with Gasteiger partial charge in [-0.05, 0) is 67.6 Å². The van der Waals surface area contributed by atoms with Crippen LogP contribution in [-0.2, 0) is 32.6 Å². The maximum atomic E-state index is 13.9. The van der Waals surface area contributed by atoms with Gasteiger partial charge < -0.3 is 10.2 Å². The highest BCUT2D eigenvalue weighted by Gasteiger charge is 2.31. The minimum Gasteiger partial charge on any atom is -0.352 e. The summed E-state index contributed by atoms with van der Waals surface area (Å²) >= 11 is 0. The molecule has 0 spiro atoms. The summed E-state index contributed by atoms with van der Waals surface area (Å²) in [6, 6.07) is 21.7. The van der Waals surface area contributed by atoms with Gasteiger partial charge in [-0.1, -0.05) is 61.5 Å². The standard InChI is InChI=1S/C32H40FN3O4S/c1-5-25(3)34-32(38)30(22-26-13-7-6-8-14-26)35(23-27-15-10-9-12-24(27)2)31(37)16-11-21-36(41(4,39)40)29-19-17-28(33)18-20-29/h6-10,12-15,17-20,25,30H,5,11,16,21-23H2,1-4H3,(H,34,38)/t25-,30-/m1/s1. The molecule has 3 aromatic rings. The summed E-state index contributed by atoms with van der Waals surface area (Å²) in [6.07, 6.45) is 2.42. The number of aryl methyl sites for hydroxylation is 1. The zero-order chi connectivity index (χ0) is 30.0. The minimum atomic E-state index is -3.67. The lowest BCUT2D eigenvalue weighted by Crippen LogP contribution is -2.52. The van der Waals surface area contributed by atoms with E-state index in [1.54, 1.807) is 4.90 Å². The predicted molar refractivity (Wildman–Crippen MR) is 161 cm³/mol. The molecule has 0 aliphatic rings. The summed E-state index contributed by atoms with van der Waals surface area (Å²) < 4.78 is 39.7. The fraction of sp³-hybridized carbons (Fsp3) is 0.375. The molecule has 0 aromatic heterocycles. The van der Waals surface area contributed by atoms with Crippen molar-refractivity contribution in [1.29, 1.82) is 0 Å². The molecule has 41 heavy (non-hydrogen) atoms. The van der Waals surface area contributed by atoms with Crippen LogP contribution >= 0.6 is 0 Å². The van der Waals surface area contributed by atoms with Gasteiger partial charge in [0.25, 0.3) is 0 Å². The third-order valence-corrected chi connectivity index (χ3v) is 8.33. The molecule has 3 rings (SSSR count). The first kappa shape index (κ1) is 31.8. The maximum Gasteiger partial charge on any atom is 0.243 e. The lowest BCUT2D eigenvalue weighted by molar-refractivity contribution is -0.141. The molecular formula is C32H40FN3O4S. The Kier molecular flexibility index (Phi) is 11.5. The van der Waals surface area contributed by atoms with Crippen LogP contribution in [0, 0.1) is 12.7 Å². The van der Waals surface area contributed by atoms with Crippen molar-refractivity contribution in [3.8, 4) is 0 Å². The molecule has 0 heterocycles. The largest absolute Gasteiger partial charge is 0.352 e. The van der Waals surface area contributed by atoms with E-state index >= 15 is 0 Å². The van der Waals surface area contributed by atoms with Crippen LogP contribution in [-0.4, -0.2) is 50.0 Å². The Labute approximate surface area is 243 Å². The van der Waals surface area contributed by atoms with Crippen LogP contribution in [0.4, 0.5) is 10.1 Å². The number of hydrogen-bond donors (Lipinski definition) is 1. The molecule has 3 aromatic carbocycles. The van der Waals surface area contributed by atoms with Crippen molar-refractivity contribution in [2.75, 3.05) is 17.1 Å². The Balaban J connectivity index is 1.89. The second kappa shape index (κ2) is 14.8. The van der Waals surface area contributed by atoms with Gasteiger partial charge in [0, 0.05) is 32.0 Å². The van der Waals surface area contributed by atoms with Gasteiger partial charge in [-0.2, -0.15) is 0 Å². The number of nitrogens with zero attached hydrogens (tertiary/aromatic N) is 2. The molecule has 0 radical (unpaired) electrons. The number of halogens is 1. The van der Waals surface area contributed by atoms with E-state index in [2.05, 4.69) is 5.32 Å². The molecule has 220 valence electrons. The first-order chi connectivity index (χ1) is 19.5. The van der Waals surface area contributed by atoms with Crippen LogP contribution in [0.1, 0.15) is 49.8 Å². The number of carbonyl (C=O) groups is 2. The van der Waals surface area contributed by atoms with Crippen molar-refractivity contribution in [1.82, 2.24) is 10.2 Å². The van der Waals surface area contributed by atoms with Crippen LogP contribution in [0.15, 0.2) is 78.9 Å². The van der Waals surface area contributed by atoms with E-state index < -0.39 is 21.9 Å². The van der Waals surface area contributed by atoms with E-state index in [0.29, 0.717) is 12.1 Å². The molecule has 9 heteroatoms. The Hall–Kier alpha value is -3.72. The Morgan fingerprint density at radius 3 is 2.20 bits per heavy atom. The van der Waals surface area contributed by atoms with Gasteiger partial charge >= 0.3 is 0 Å². The SMILES string of the molecule is CC[C@@H](C)NC(=O)[C@@H](Cc1ccccc1)N(Cc1ccccc1C)C(=O)CCCN(c1ccc(F)cc1)S(C)(=O)=O. The van der Waals surface area contributed by atoms with Crippen LogP contribution in [0.2, 0.25) is 0 Å². The van der Waals surface area contributed by atoms with E-state index in [0.717, 1.165) is 29.4 Å². The molecule has 0 saturated carbocycles. The van der Waals surface area contributed by atoms with E-state index in [1.807, 2.05) is 75.4 Å². The first-order valence-corrected chi connectivity index (χ1v) is 15.8. The van der Waals surface area contributed by atoms with Gasteiger partial charge in [-0.15, -0.1) is 0 Å². The minimum absolute atomic E-state index is 0.0288. The van der Waals surface area contributed by atoms with Gasteiger partial charge in [0.05, 0.1) is 11.9 Å². The first-order valence-electron chi connectivity index (χ1n) is 13.9. The predicted octanol–water partition coefficient (Wildman–Crippen LogP) is 5.24. The average molecular weight is 582 g/mol. The molecule has 7 nitrogen and oxygen atoms in total. The zero-order valence-electron chi connectivity index (χ0n) is 24.2. The second-order valence-electron chi connectivity index (χ2n) is 10.4. The topological polar surface area (TPSA) is 86.8 Å². The summed E-state index contributed by atoms with van der Waals surface area (Å²) in [5.74, 6) is -0.945. The van der Waals surface area contributed by atoms with Gasteiger partial charge in [0.2, 0.25) is 21.8 Å². The number of sulfonamides is 1. The van der Waals surface area contributed by atoms with Gasteiger partial charge in [-0.3, -0.25) is 13.9 Å². The van der Waals surface area contributed by atoms with Crippen molar-refractivity contribution in [2.24, 2.45) is 0 Å². The Bertz CT molecular complexity index is 1400. The molecule has 0 bridgehead atoms. The second-order valence-corrected chi connectivity index (χ2v) is 12.3. The lowest BCUT2D eigenvalue weighted by Gasteiger charge is -2.33. The Morgan fingerprint density at radius 1 is 0.951 bits per heavy atom. The number of rotatable bonds is 14. The van der Waals surface area contributed by atoms with Crippen molar-refractivity contribution >= 4 is 27.5 Å². The summed E-state index contributed by atoms with van der Waals surface area (Å²) in [5, 5.41) is 3.05. The molecular weight excluding hydrogens is 541 g/mol. The number of anilines is 1. The fourth-order valence-electron chi connectivity index (χ4n) is 4.58. The lowest BCUT2D eigenvalue weighted by atomic mass is 10.0. The van der Waals surface area contributed by atoms with E-state index in [4.69, 9.17) is 0 Å². The molecule has 0 aliphatic carbocycles. The van der Waals surface area contributed by atoms with Crippen LogP contribution < -0.4 is 9.62 Å². The molecule has 0 saturated heterocycles. The molecule has 2 atom stereocenters. The number of carbonyl (C=O) groups excluding carboxylic acids is 2. The van der Waals surface area contributed by atoms with Crippen LogP contribution in [0.5, 0.6) is 0 Å². The molecule has 0 unspecified atom stereocenters. The average Bonchev–Trinajstić information content (AvgIpc) is 2.94. The summed E-state index contributed by atoms with van der Waals surface area (Å²) in [5.41, 5.74) is 3.19. The van der Waals surface area contributed by atoms with Gasteiger partial charge in [-0.25, -0.2) is 12.8 Å². The third kappa shape index (κ3) is 9.42. The smallest absolute Gasteiger partial charge is 0.243 e. The molecule has 0 aliphatic heterocycles. The van der Waals surface area contributed by atoms with E-state index in [9.17, 15) is 22.4 Å². The monoisotopic (exact) mass is 581 g/mol. The van der Waals surface area contributed by atoms with Gasteiger partial charge in [0.15, 0.2) is 0 Å². The summed E-state index contributed by atoms with van der Waals surface area (Å²) in [4.78, 5) is 29.2. The zero-order valence-corrected chi connectivity index (χ0v) is 25.0. The van der Waals surface area contributed by atoms with Gasteiger partial charge in [0.1, 0.15) is 11.9 Å². The van der Waals surface area contributed by atoms with Crippen LogP contribution in [0.3, 0.4) is 0 Å². The number of amides is 2. The van der Waals surface area contributed by atoms with Crippen molar-refractivity contribution in [3.63, 3.8) is 0 Å². The number of hydrogen-bond acceptors (Lipinski definition) is 4. The Morgan fingerprint density at radius 2 is 1.59 bits per heavy atom. The van der Waals surface area contributed by atoms with E-state index in [1.165, 1.54) is 28.6 Å². The quantitative estimate of drug-likeness (QED) is 0.282. The van der Waals surface area contributed by atoms with E-state index in [-0.39, 0.29) is 43.8 Å². The number of nitrogens with one attached hydrogen (secondary N) is 1. The van der Waals surface area contributed by atoms with Crippen molar-refractivity contribution < 1.29 is 22.4 Å².